The molecule has 0 spiro atoms. The summed E-state index contributed by atoms with van der Waals surface area (Å²) in [4.78, 5) is 29.1. The summed E-state index contributed by atoms with van der Waals surface area (Å²) in [6.45, 7) is 4.44. The first kappa shape index (κ1) is 31.6. The minimum Gasteiger partial charge on any atom is -0.496 e. The standard InChI is InChI=1S/C29H32F2N2O7S/c1-15(33-28(41)26-27(40-17(3)34)22(36-4)11-12-32-26)29(35)39-16(2)25(20-9-7-18(30)13-23(20)37-5)21-10-8-19(31)14-24(21)38-6/h7-16,20,23,25H,1-6H3,(H,33,41)/t15-,16-,20?,23?,25?/m0/s1. The van der Waals surface area contributed by atoms with Crippen LogP contribution in [0.1, 0.15) is 37.9 Å². The maximum absolute atomic E-state index is 14.1. The van der Waals surface area contributed by atoms with E-state index in [2.05, 4.69) is 10.3 Å². The normalized spacial score (nSPS) is 18.4. The molecule has 1 heterocycles. The second-order valence-electron chi connectivity index (χ2n) is 9.22. The van der Waals surface area contributed by atoms with E-state index in [1.54, 1.807) is 19.1 Å². The van der Waals surface area contributed by atoms with Gasteiger partial charge in [-0.25, -0.2) is 18.6 Å². The number of nitrogens with zero attached hydrogens (tertiary/aromatic N) is 1. The molecule has 1 aliphatic rings. The van der Waals surface area contributed by atoms with Gasteiger partial charge >= 0.3 is 11.9 Å². The van der Waals surface area contributed by atoms with Crippen LogP contribution in [-0.4, -0.2) is 61.5 Å². The molecule has 9 nitrogen and oxygen atoms in total. The first-order chi connectivity index (χ1) is 19.5. The predicted octanol–water partition coefficient (Wildman–Crippen LogP) is 4.59. The van der Waals surface area contributed by atoms with Crippen LogP contribution in [0, 0.1) is 11.7 Å². The van der Waals surface area contributed by atoms with E-state index in [0.717, 1.165) is 0 Å². The molecule has 3 unspecified atom stereocenters. The Bertz CT molecular complexity index is 1350. The van der Waals surface area contributed by atoms with E-state index in [0.29, 0.717) is 5.56 Å². The summed E-state index contributed by atoms with van der Waals surface area (Å²) in [5.74, 6) is -2.87. The Morgan fingerprint density at radius 2 is 1.78 bits per heavy atom. The predicted molar refractivity (Wildman–Crippen MR) is 150 cm³/mol. The molecule has 3 rings (SSSR count). The Balaban J connectivity index is 1.86. The van der Waals surface area contributed by atoms with Crippen molar-refractivity contribution in [2.45, 2.75) is 44.9 Å². The van der Waals surface area contributed by atoms with E-state index in [9.17, 15) is 18.4 Å². The number of methoxy groups -OCH3 is 3. The van der Waals surface area contributed by atoms with Crippen LogP contribution in [0.2, 0.25) is 0 Å². The first-order valence-electron chi connectivity index (χ1n) is 12.6. The zero-order chi connectivity index (χ0) is 30.3. The Hall–Kier alpha value is -3.90. The van der Waals surface area contributed by atoms with Crippen molar-refractivity contribution in [3.8, 4) is 17.2 Å². The van der Waals surface area contributed by atoms with E-state index in [1.807, 2.05) is 0 Å². The number of nitrogens with one attached hydrogen (secondary N) is 1. The second kappa shape index (κ2) is 14.1. The topological polar surface area (TPSA) is 105 Å². The average molecular weight is 591 g/mol. The number of thiocarbonyl (C=S) groups is 1. The monoisotopic (exact) mass is 590 g/mol. The highest BCUT2D eigenvalue weighted by Gasteiger charge is 2.38. The van der Waals surface area contributed by atoms with E-state index in [4.69, 9.17) is 35.9 Å². The molecule has 1 N–H and O–H groups in total. The molecule has 5 atom stereocenters. The van der Waals surface area contributed by atoms with Crippen LogP contribution in [0.4, 0.5) is 8.78 Å². The molecule has 0 saturated carbocycles. The summed E-state index contributed by atoms with van der Waals surface area (Å²) in [6, 6.07) is 4.58. The lowest BCUT2D eigenvalue weighted by atomic mass is 9.77. The minimum absolute atomic E-state index is 0.00684. The molecule has 12 heteroatoms. The van der Waals surface area contributed by atoms with Gasteiger partial charge in [0, 0.05) is 49.8 Å². The number of carbonyl (C=O) groups is 2. The lowest BCUT2D eigenvalue weighted by Gasteiger charge is -2.35. The van der Waals surface area contributed by atoms with Gasteiger partial charge in [0.05, 0.1) is 20.3 Å². The van der Waals surface area contributed by atoms with Crippen molar-refractivity contribution in [3.63, 3.8) is 0 Å². The molecule has 1 aromatic carbocycles. The number of benzene rings is 1. The molecular formula is C29H32F2N2O7S. The lowest BCUT2D eigenvalue weighted by molar-refractivity contribution is -0.152. The number of esters is 2. The van der Waals surface area contributed by atoms with Crippen LogP contribution in [0.3, 0.4) is 0 Å². The van der Waals surface area contributed by atoms with Crippen molar-refractivity contribution in [3.05, 3.63) is 71.6 Å². The SMILES string of the molecule is COc1cc(F)ccc1C(C1C=CC(F)=CC1OC)[C@H](C)OC(=O)[C@H](C)NC(=S)c1nccc(OC)c1OC(C)=O. The van der Waals surface area contributed by atoms with Gasteiger partial charge in [-0.1, -0.05) is 24.4 Å². The van der Waals surface area contributed by atoms with Crippen LogP contribution in [0.15, 0.2) is 54.5 Å². The maximum atomic E-state index is 14.1. The zero-order valence-electron chi connectivity index (χ0n) is 23.5. The number of halogens is 2. The summed E-state index contributed by atoms with van der Waals surface area (Å²) in [6.07, 6.45) is 4.18. The van der Waals surface area contributed by atoms with Gasteiger partial charge in [-0.3, -0.25) is 4.79 Å². The Kier molecular flexibility index (Phi) is 10.9. The number of allylic oxidation sites excluding steroid dienone is 2. The van der Waals surface area contributed by atoms with Crippen LogP contribution in [0.25, 0.3) is 0 Å². The zero-order valence-corrected chi connectivity index (χ0v) is 24.3. The molecule has 1 aromatic heterocycles. The van der Waals surface area contributed by atoms with Gasteiger partial charge in [0.2, 0.25) is 5.75 Å². The summed E-state index contributed by atoms with van der Waals surface area (Å²) in [5, 5.41) is 2.86. The largest absolute Gasteiger partial charge is 0.496 e. The van der Waals surface area contributed by atoms with Gasteiger partial charge in [0.1, 0.15) is 40.2 Å². The van der Waals surface area contributed by atoms with Crippen molar-refractivity contribution in [2.75, 3.05) is 21.3 Å². The van der Waals surface area contributed by atoms with Gasteiger partial charge < -0.3 is 29.0 Å². The van der Waals surface area contributed by atoms with Crippen molar-refractivity contribution >= 4 is 29.1 Å². The van der Waals surface area contributed by atoms with Gasteiger partial charge in [-0.2, -0.15) is 0 Å². The number of hydrogen-bond acceptors (Lipinski definition) is 9. The highest BCUT2D eigenvalue weighted by Crippen LogP contribution is 2.41. The number of rotatable bonds is 11. The van der Waals surface area contributed by atoms with Gasteiger partial charge in [-0.05, 0) is 32.1 Å². The van der Waals surface area contributed by atoms with Gasteiger partial charge in [-0.15, -0.1) is 0 Å². The molecule has 220 valence electrons. The summed E-state index contributed by atoms with van der Waals surface area (Å²) in [7, 11) is 4.25. The van der Waals surface area contributed by atoms with Crippen LogP contribution in [0.5, 0.6) is 17.2 Å². The molecule has 0 radical (unpaired) electrons. The Labute approximate surface area is 242 Å². The molecule has 0 amide bonds. The highest BCUT2D eigenvalue weighted by molar-refractivity contribution is 7.80. The third-order valence-electron chi connectivity index (χ3n) is 6.48. The van der Waals surface area contributed by atoms with Crippen molar-refractivity contribution in [1.82, 2.24) is 10.3 Å². The van der Waals surface area contributed by atoms with E-state index < -0.39 is 53.7 Å². The highest BCUT2D eigenvalue weighted by atomic mass is 32.1. The second-order valence-corrected chi connectivity index (χ2v) is 9.63. The number of carbonyl (C=O) groups excluding carboxylic acids is 2. The molecule has 0 fully saturated rings. The van der Waals surface area contributed by atoms with Crippen LogP contribution >= 0.6 is 12.2 Å². The quantitative estimate of drug-likeness (QED) is 0.295. The Morgan fingerprint density at radius 1 is 1.07 bits per heavy atom. The molecule has 1 aliphatic carbocycles. The number of pyridine rings is 1. The molecule has 0 aliphatic heterocycles. The van der Waals surface area contributed by atoms with Crippen molar-refractivity contribution in [1.29, 1.82) is 0 Å². The number of hydrogen-bond donors (Lipinski definition) is 1. The fourth-order valence-corrected chi connectivity index (χ4v) is 4.92. The summed E-state index contributed by atoms with van der Waals surface area (Å²) < 4.78 is 55.4. The van der Waals surface area contributed by atoms with Crippen LogP contribution in [-0.2, 0) is 19.1 Å². The minimum atomic E-state index is -0.962. The van der Waals surface area contributed by atoms with E-state index in [1.165, 1.54) is 71.7 Å². The first-order valence-corrected chi connectivity index (χ1v) is 13.1. The smallest absolute Gasteiger partial charge is 0.328 e. The molecule has 2 aromatic rings. The van der Waals surface area contributed by atoms with E-state index >= 15 is 0 Å². The van der Waals surface area contributed by atoms with Gasteiger partial charge in [0.25, 0.3) is 0 Å². The lowest BCUT2D eigenvalue weighted by Crippen LogP contribution is -2.42. The van der Waals surface area contributed by atoms with Gasteiger partial charge in [0.15, 0.2) is 5.75 Å². The maximum Gasteiger partial charge on any atom is 0.328 e. The fraction of sp³-hybridized carbons (Fsp3) is 0.379. The van der Waals surface area contributed by atoms with E-state index in [-0.39, 0.29) is 27.9 Å². The fourth-order valence-electron chi connectivity index (χ4n) is 4.60. The number of ether oxygens (including phenoxy) is 5. The summed E-state index contributed by atoms with van der Waals surface area (Å²) >= 11 is 5.45. The van der Waals surface area contributed by atoms with Crippen LogP contribution < -0.4 is 19.5 Å². The number of aromatic nitrogens is 1. The Morgan fingerprint density at radius 3 is 2.41 bits per heavy atom. The summed E-state index contributed by atoms with van der Waals surface area (Å²) in [5.41, 5.74) is 0.643. The molecular weight excluding hydrogens is 558 g/mol. The average Bonchev–Trinajstić information content (AvgIpc) is 2.94. The third kappa shape index (κ3) is 7.65. The van der Waals surface area contributed by atoms with Crippen molar-refractivity contribution in [2.24, 2.45) is 5.92 Å². The third-order valence-corrected chi connectivity index (χ3v) is 6.79. The van der Waals surface area contributed by atoms with Crippen molar-refractivity contribution < 1.29 is 42.1 Å². The molecule has 0 saturated heterocycles. The molecule has 0 bridgehead atoms. The molecule has 41 heavy (non-hydrogen) atoms.